The lowest BCUT2D eigenvalue weighted by molar-refractivity contribution is -0.125. The zero-order valence-corrected chi connectivity index (χ0v) is 13.0. The minimum atomic E-state index is -0.609. The maximum Gasteiger partial charge on any atom is 0.249 e. The summed E-state index contributed by atoms with van der Waals surface area (Å²) in [5, 5.41) is 2.80. The van der Waals surface area contributed by atoms with Gasteiger partial charge in [0.05, 0.1) is 15.7 Å². The Bertz CT molecular complexity index is 557. The molecule has 1 fully saturated rings. The van der Waals surface area contributed by atoms with Gasteiger partial charge >= 0.3 is 0 Å². The van der Waals surface area contributed by atoms with E-state index in [1.807, 2.05) is 6.92 Å². The van der Waals surface area contributed by atoms with Gasteiger partial charge in [0.15, 0.2) is 0 Å². The van der Waals surface area contributed by atoms with Crippen LogP contribution in [0.25, 0.3) is 0 Å². The molecule has 0 radical (unpaired) electrons. The van der Waals surface area contributed by atoms with Crippen LogP contribution in [0.1, 0.15) is 26.2 Å². The van der Waals surface area contributed by atoms with E-state index in [1.54, 1.807) is 0 Å². The van der Waals surface area contributed by atoms with Crippen LogP contribution in [0.15, 0.2) is 12.1 Å². The first-order valence-corrected chi connectivity index (χ1v) is 7.45. The molecule has 1 aliphatic rings. The Morgan fingerprint density at radius 3 is 2.52 bits per heavy atom. The van der Waals surface area contributed by atoms with Gasteiger partial charge in [0.2, 0.25) is 11.8 Å². The number of carbonyl (C=O) groups is 2. The van der Waals surface area contributed by atoms with Crippen LogP contribution in [0.3, 0.4) is 0 Å². The summed E-state index contributed by atoms with van der Waals surface area (Å²) in [6.07, 6.45) is 1.42. The third kappa shape index (κ3) is 3.47. The summed E-state index contributed by atoms with van der Waals surface area (Å²) in [4.78, 5) is 25.6. The molecule has 0 saturated carbocycles. The van der Waals surface area contributed by atoms with Gasteiger partial charge in [-0.2, -0.15) is 0 Å². The standard InChI is InChI=1S/C14H15Cl2FN2O2/c1-2-3-11-14(21)19(5-4-12(20)18-11)13-9(15)6-8(17)7-10(13)16/h6-7,11H,2-5H2,1H3,(H,18,20). The summed E-state index contributed by atoms with van der Waals surface area (Å²) in [6.45, 7) is 2.09. The molecule has 4 nitrogen and oxygen atoms in total. The van der Waals surface area contributed by atoms with Crippen molar-refractivity contribution in [2.45, 2.75) is 32.2 Å². The normalized spacial score (nSPS) is 19.4. The molecule has 0 spiro atoms. The van der Waals surface area contributed by atoms with E-state index in [-0.39, 0.29) is 40.5 Å². The number of amides is 2. The zero-order chi connectivity index (χ0) is 15.6. The molecular formula is C14H15Cl2FN2O2. The number of halogens is 3. The van der Waals surface area contributed by atoms with Gasteiger partial charge < -0.3 is 10.2 Å². The summed E-state index contributed by atoms with van der Waals surface area (Å²) in [5.74, 6) is -1.05. The van der Waals surface area contributed by atoms with E-state index in [0.717, 1.165) is 18.6 Å². The molecule has 1 N–H and O–H groups in total. The number of rotatable bonds is 3. The van der Waals surface area contributed by atoms with E-state index < -0.39 is 11.9 Å². The highest BCUT2D eigenvalue weighted by atomic mass is 35.5. The van der Waals surface area contributed by atoms with Crippen molar-refractivity contribution in [2.75, 3.05) is 11.4 Å². The fourth-order valence-electron chi connectivity index (χ4n) is 2.34. The number of benzene rings is 1. The number of hydrogen-bond donors (Lipinski definition) is 1. The van der Waals surface area contributed by atoms with Gasteiger partial charge in [0.1, 0.15) is 11.9 Å². The second-order valence-corrected chi connectivity index (χ2v) is 5.68. The lowest BCUT2D eigenvalue weighted by Gasteiger charge is -2.25. The van der Waals surface area contributed by atoms with Crippen molar-refractivity contribution in [3.63, 3.8) is 0 Å². The summed E-state index contributed by atoms with van der Waals surface area (Å²) in [5.41, 5.74) is 0.252. The summed E-state index contributed by atoms with van der Waals surface area (Å²) < 4.78 is 13.3. The lowest BCUT2D eigenvalue weighted by atomic mass is 10.1. The molecule has 1 aromatic carbocycles. The van der Waals surface area contributed by atoms with E-state index in [1.165, 1.54) is 4.90 Å². The SMILES string of the molecule is CCCC1NC(=O)CCN(c2c(Cl)cc(F)cc2Cl)C1=O. The number of anilines is 1. The monoisotopic (exact) mass is 332 g/mol. The Morgan fingerprint density at radius 2 is 1.95 bits per heavy atom. The van der Waals surface area contributed by atoms with Crippen LogP contribution in [0.5, 0.6) is 0 Å². The number of hydrogen-bond acceptors (Lipinski definition) is 2. The Balaban J connectivity index is 2.41. The molecule has 1 atom stereocenters. The van der Waals surface area contributed by atoms with Gasteiger partial charge in [0.25, 0.3) is 0 Å². The van der Waals surface area contributed by atoms with Crippen molar-refractivity contribution in [1.82, 2.24) is 5.32 Å². The van der Waals surface area contributed by atoms with E-state index in [4.69, 9.17) is 23.2 Å². The summed E-state index contributed by atoms with van der Waals surface area (Å²) >= 11 is 12.0. The predicted octanol–water partition coefficient (Wildman–Crippen LogP) is 3.15. The van der Waals surface area contributed by atoms with Gasteiger partial charge in [-0.3, -0.25) is 9.59 Å². The maximum atomic E-state index is 13.3. The molecule has 1 aromatic rings. The van der Waals surface area contributed by atoms with Crippen molar-refractivity contribution in [3.05, 3.63) is 28.0 Å². The lowest BCUT2D eigenvalue weighted by Crippen LogP contribution is -2.44. The van der Waals surface area contributed by atoms with E-state index in [0.29, 0.717) is 6.42 Å². The smallest absolute Gasteiger partial charge is 0.249 e. The highest BCUT2D eigenvalue weighted by molar-refractivity contribution is 6.40. The first-order chi connectivity index (χ1) is 9.93. The first-order valence-electron chi connectivity index (χ1n) is 6.69. The van der Waals surface area contributed by atoms with Crippen LogP contribution in [0, 0.1) is 5.82 Å². The topological polar surface area (TPSA) is 49.4 Å². The van der Waals surface area contributed by atoms with E-state index in [9.17, 15) is 14.0 Å². The summed E-state index contributed by atoms with van der Waals surface area (Å²) in [6, 6.07) is 1.60. The first kappa shape index (κ1) is 16.0. The highest BCUT2D eigenvalue weighted by Crippen LogP contribution is 2.35. The molecule has 7 heteroatoms. The fraction of sp³-hybridized carbons (Fsp3) is 0.429. The van der Waals surface area contributed by atoms with Crippen LogP contribution in [-0.4, -0.2) is 24.4 Å². The second-order valence-electron chi connectivity index (χ2n) is 4.87. The number of nitrogens with one attached hydrogen (secondary N) is 1. The van der Waals surface area contributed by atoms with Crippen molar-refractivity contribution >= 4 is 40.7 Å². The third-order valence-corrected chi connectivity index (χ3v) is 3.87. The van der Waals surface area contributed by atoms with Crippen molar-refractivity contribution < 1.29 is 14.0 Å². The number of carbonyl (C=O) groups excluding carboxylic acids is 2. The van der Waals surface area contributed by atoms with Crippen LogP contribution >= 0.6 is 23.2 Å². The molecule has 0 aliphatic carbocycles. The minimum absolute atomic E-state index is 0.0537. The third-order valence-electron chi connectivity index (χ3n) is 3.29. The zero-order valence-electron chi connectivity index (χ0n) is 11.5. The van der Waals surface area contributed by atoms with Gasteiger partial charge in [0, 0.05) is 13.0 Å². The quantitative estimate of drug-likeness (QED) is 0.924. The largest absolute Gasteiger partial charge is 0.344 e. The van der Waals surface area contributed by atoms with Crippen LogP contribution in [-0.2, 0) is 9.59 Å². The Hall–Kier alpha value is -1.33. The highest BCUT2D eigenvalue weighted by Gasteiger charge is 2.32. The molecule has 2 amide bonds. The Kier molecular flexibility index (Phi) is 5.06. The average Bonchev–Trinajstić information content (AvgIpc) is 2.51. The molecule has 114 valence electrons. The molecule has 2 rings (SSSR count). The predicted molar refractivity (Wildman–Crippen MR) is 80.2 cm³/mol. The van der Waals surface area contributed by atoms with Crippen LogP contribution in [0.4, 0.5) is 10.1 Å². The molecule has 0 aromatic heterocycles. The molecule has 1 unspecified atom stereocenters. The van der Waals surface area contributed by atoms with E-state index >= 15 is 0 Å². The molecular weight excluding hydrogens is 318 g/mol. The fourth-order valence-corrected chi connectivity index (χ4v) is 3.00. The molecule has 1 aliphatic heterocycles. The number of nitrogens with zero attached hydrogens (tertiary/aromatic N) is 1. The van der Waals surface area contributed by atoms with Crippen molar-refractivity contribution in [3.8, 4) is 0 Å². The van der Waals surface area contributed by atoms with Crippen LogP contribution < -0.4 is 10.2 Å². The maximum absolute atomic E-state index is 13.3. The van der Waals surface area contributed by atoms with E-state index in [2.05, 4.69) is 5.32 Å². The molecule has 21 heavy (non-hydrogen) atoms. The van der Waals surface area contributed by atoms with Gasteiger partial charge in [-0.05, 0) is 18.6 Å². The molecule has 0 bridgehead atoms. The molecule has 1 heterocycles. The Labute approximate surface area is 132 Å². The summed E-state index contributed by atoms with van der Waals surface area (Å²) in [7, 11) is 0. The second kappa shape index (κ2) is 6.62. The average molecular weight is 333 g/mol. The Morgan fingerprint density at radius 1 is 1.33 bits per heavy atom. The van der Waals surface area contributed by atoms with Crippen molar-refractivity contribution in [2.24, 2.45) is 0 Å². The van der Waals surface area contributed by atoms with Gasteiger partial charge in [-0.25, -0.2) is 4.39 Å². The molecule has 1 saturated heterocycles. The minimum Gasteiger partial charge on any atom is -0.344 e. The van der Waals surface area contributed by atoms with Crippen molar-refractivity contribution in [1.29, 1.82) is 0 Å². The van der Waals surface area contributed by atoms with Gasteiger partial charge in [-0.1, -0.05) is 36.5 Å². The van der Waals surface area contributed by atoms with Crippen LogP contribution in [0.2, 0.25) is 10.0 Å². The van der Waals surface area contributed by atoms with Gasteiger partial charge in [-0.15, -0.1) is 0 Å².